The zero-order valence-electron chi connectivity index (χ0n) is 28.8. The number of fused-ring (bicyclic) bond motifs is 1. The molecule has 0 heterocycles. The minimum atomic E-state index is -1.13. The van der Waals surface area contributed by atoms with Gasteiger partial charge in [-0.1, -0.05) is 72.8 Å². The molecule has 3 aromatic rings. The number of nitrogens with zero attached hydrogens (tertiary/aromatic N) is 2. The predicted molar refractivity (Wildman–Crippen MR) is 187 cm³/mol. The van der Waals surface area contributed by atoms with Crippen molar-refractivity contribution in [3.63, 3.8) is 0 Å². The van der Waals surface area contributed by atoms with Gasteiger partial charge in [-0.2, -0.15) is 0 Å². The lowest BCUT2D eigenvalue weighted by Crippen LogP contribution is -2.56. The van der Waals surface area contributed by atoms with Crippen molar-refractivity contribution in [2.45, 2.75) is 71.5 Å². The summed E-state index contributed by atoms with van der Waals surface area (Å²) in [5, 5.41) is 20.3. The molecule has 2 atom stereocenters. The van der Waals surface area contributed by atoms with Crippen molar-refractivity contribution in [1.29, 1.82) is 0 Å². The molecule has 0 aliphatic rings. The lowest BCUT2D eigenvalue weighted by atomic mass is 10.0. The zero-order chi connectivity index (χ0) is 35.6. The molecule has 5 amide bonds. The normalized spacial score (nSPS) is 12.4. The number of likely N-dealkylation sites (N-methyl/N-ethyl adjacent to an activating group) is 1. The molecule has 0 aliphatic carbocycles. The summed E-state index contributed by atoms with van der Waals surface area (Å²) in [6, 6.07) is 21.3. The van der Waals surface area contributed by atoms with E-state index in [4.69, 9.17) is 14.6 Å². The third-order valence-electron chi connectivity index (χ3n) is 7.85. The van der Waals surface area contributed by atoms with Crippen molar-refractivity contribution in [3.8, 4) is 0 Å². The highest BCUT2D eigenvalue weighted by molar-refractivity contribution is 5.90. The predicted octanol–water partition coefficient (Wildman–Crippen LogP) is 4.22. The Morgan fingerprint density at radius 2 is 1.53 bits per heavy atom. The average Bonchev–Trinajstić information content (AvgIpc) is 3.08. The molecule has 13 nitrogen and oxygen atoms in total. The molecule has 266 valence electrons. The van der Waals surface area contributed by atoms with Crippen LogP contribution in [0.4, 0.5) is 9.59 Å². The number of unbranched alkanes of at least 4 members (excludes halogenated alkanes) is 1. The van der Waals surface area contributed by atoms with Crippen molar-refractivity contribution in [2.75, 3.05) is 33.4 Å². The number of carbonyl (C=O) groups excluding carboxylic acids is 3. The van der Waals surface area contributed by atoms with Crippen molar-refractivity contribution >= 4 is 34.7 Å². The fourth-order valence-electron chi connectivity index (χ4n) is 5.45. The molecular formula is C36H50N6O7. The van der Waals surface area contributed by atoms with Crippen LogP contribution in [-0.2, 0) is 32.2 Å². The minimum absolute atomic E-state index is 0.210. The number of nitrogens with one attached hydrogen (secondary N) is 4. The van der Waals surface area contributed by atoms with Gasteiger partial charge >= 0.3 is 12.1 Å². The van der Waals surface area contributed by atoms with E-state index in [1.807, 2.05) is 93.6 Å². The number of hydrazine groups is 1. The van der Waals surface area contributed by atoms with Gasteiger partial charge in [0.15, 0.2) is 6.29 Å². The third kappa shape index (κ3) is 13.0. The number of rotatable bonds is 20. The van der Waals surface area contributed by atoms with E-state index in [2.05, 4.69) is 21.4 Å². The number of carboxylic acid groups (broad SMARTS) is 1. The first-order valence-electron chi connectivity index (χ1n) is 16.7. The van der Waals surface area contributed by atoms with E-state index in [1.54, 1.807) is 11.9 Å². The highest BCUT2D eigenvalue weighted by Gasteiger charge is 2.34. The van der Waals surface area contributed by atoms with Gasteiger partial charge in [0.05, 0.1) is 12.6 Å². The quantitative estimate of drug-likeness (QED) is 0.0674. The highest BCUT2D eigenvalue weighted by atomic mass is 16.7. The number of urea groups is 1. The summed E-state index contributed by atoms with van der Waals surface area (Å²) >= 11 is 0. The first kappa shape index (κ1) is 38.7. The van der Waals surface area contributed by atoms with Crippen LogP contribution in [0.5, 0.6) is 0 Å². The van der Waals surface area contributed by atoms with Gasteiger partial charge < -0.3 is 35.4 Å². The van der Waals surface area contributed by atoms with E-state index in [9.17, 15) is 19.2 Å². The largest absolute Gasteiger partial charge is 0.465 e. The number of amides is 5. The molecule has 0 saturated heterocycles. The molecule has 0 bridgehead atoms. The van der Waals surface area contributed by atoms with E-state index < -0.39 is 36.4 Å². The fraction of sp³-hybridized carbons (Fsp3) is 0.444. The monoisotopic (exact) mass is 678 g/mol. The number of hydrogen-bond donors (Lipinski definition) is 5. The summed E-state index contributed by atoms with van der Waals surface area (Å²) in [5.74, 6) is -0.808. The number of ether oxygens (including phenoxy) is 2. The van der Waals surface area contributed by atoms with Gasteiger partial charge in [0, 0.05) is 39.9 Å². The average molecular weight is 679 g/mol. The fourth-order valence-corrected chi connectivity index (χ4v) is 5.45. The molecule has 3 rings (SSSR count). The van der Waals surface area contributed by atoms with Crippen LogP contribution in [-0.4, -0.2) is 90.7 Å². The van der Waals surface area contributed by atoms with Crippen LogP contribution >= 0.6 is 0 Å². The Morgan fingerprint density at radius 1 is 0.857 bits per heavy atom. The Hall–Kier alpha value is -4.72. The van der Waals surface area contributed by atoms with Gasteiger partial charge in [-0.3, -0.25) is 15.0 Å². The van der Waals surface area contributed by atoms with E-state index in [1.165, 1.54) is 5.01 Å². The van der Waals surface area contributed by atoms with Gasteiger partial charge in [-0.15, -0.1) is 0 Å². The van der Waals surface area contributed by atoms with E-state index in [-0.39, 0.29) is 32.0 Å². The summed E-state index contributed by atoms with van der Waals surface area (Å²) < 4.78 is 11.8. The van der Waals surface area contributed by atoms with Crippen molar-refractivity contribution in [3.05, 3.63) is 83.9 Å². The molecule has 0 aromatic heterocycles. The van der Waals surface area contributed by atoms with Crippen LogP contribution in [0, 0.1) is 0 Å². The van der Waals surface area contributed by atoms with Crippen molar-refractivity contribution in [1.82, 2.24) is 31.3 Å². The zero-order valence-corrected chi connectivity index (χ0v) is 28.8. The second-order valence-corrected chi connectivity index (χ2v) is 11.6. The first-order chi connectivity index (χ1) is 23.6. The number of carbonyl (C=O) groups is 4. The summed E-state index contributed by atoms with van der Waals surface area (Å²) in [7, 11) is 1.56. The van der Waals surface area contributed by atoms with Gasteiger partial charge in [0.25, 0.3) is 0 Å². The lowest BCUT2D eigenvalue weighted by molar-refractivity contribution is -0.179. The standard InChI is InChI=1S/C36H50N6O7/c1-5-48-34(49-6-2)26(3)42(24-29-19-14-18-28-17-10-11-20-30(28)29)33(44)31(21-12-13-22-37-36(46)47)39-32(43)25-41(4)40-35(45)38-23-27-15-8-7-9-16-27/h7-11,14-20,26,31,34,37H,5-6,12-13,21-25H2,1-4H3,(H,39,43)(H,46,47)(H2,38,40,45)/t26-,31-/m0/s1. The van der Waals surface area contributed by atoms with E-state index >= 15 is 0 Å². The second kappa shape index (κ2) is 20.6. The van der Waals surface area contributed by atoms with Gasteiger partial charge in [-0.25, -0.2) is 14.6 Å². The Kier molecular flexibility index (Phi) is 16.3. The Balaban J connectivity index is 1.80. The van der Waals surface area contributed by atoms with Gasteiger partial charge in [0.2, 0.25) is 11.8 Å². The lowest BCUT2D eigenvalue weighted by Gasteiger charge is -2.37. The molecular weight excluding hydrogens is 628 g/mol. The molecule has 0 unspecified atom stereocenters. The molecule has 13 heteroatoms. The van der Waals surface area contributed by atoms with Crippen LogP contribution in [0.25, 0.3) is 10.8 Å². The Bertz CT molecular complexity index is 1480. The summed E-state index contributed by atoms with van der Waals surface area (Å²) in [6.07, 6.45) is -0.655. The maximum absolute atomic E-state index is 14.5. The van der Waals surface area contributed by atoms with E-state index in [0.717, 1.165) is 21.9 Å². The molecule has 3 aromatic carbocycles. The molecule has 0 aliphatic heterocycles. The molecule has 0 fully saturated rings. The third-order valence-corrected chi connectivity index (χ3v) is 7.85. The van der Waals surface area contributed by atoms with Crippen LogP contribution in [0.15, 0.2) is 72.8 Å². The number of hydrogen-bond acceptors (Lipinski definition) is 7. The Morgan fingerprint density at radius 3 is 2.22 bits per heavy atom. The van der Waals surface area contributed by atoms with Crippen LogP contribution in [0.1, 0.15) is 51.2 Å². The van der Waals surface area contributed by atoms with Crippen molar-refractivity contribution in [2.24, 2.45) is 0 Å². The first-order valence-corrected chi connectivity index (χ1v) is 16.7. The maximum atomic E-state index is 14.5. The summed E-state index contributed by atoms with van der Waals surface area (Å²) in [5.41, 5.74) is 4.47. The highest BCUT2D eigenvalue weighted by Crippen LogP contribution is 2.23. The van der Waals surface area contributed by atoms with Crippen LogP contribution in [0.3, 0.4) is 0 Å². The van der Waals surface area contributed by atoms with Gasteiger partial charge in [0.1, 0.15) is 6.04 Å². The van der Waals surface area contributed by atoms with Gasteiger partial charge in [-0.05, 0) is 61.9 Å². The molecule has 0 spiro atoms. The SMILES string of the molecule is CCOC(OCC)[C@H](C)N(Cc1cccc2ccccc12)C(=O)[C@H](CCCCNC(=O)O)NC(=O)CN(C)NC(=O)NCc1ccccc1. The van der Waals surface area contributed by atoms with Crippen molar-refractivity contribution < 1.29 is 33.8 Å². The topological polar surface area (TPSA) is 162 Å². The number of benzene rings is 3. The smallest absolute Gasteiger partial charge is 0.404 e. The summed E-state index contributed by atoms with van der Waals surface area (Å²) in [4.78, 5) is 53.0. The summed E-state index contributed by atoms with van der Waals surface area (Å²) in [6.45, 7) is 6.86. The molecule has 49 heavy (non-hydrogen) atoms. The molecule has 0 saturated carbocycles. The van der Waals surface area contributed by atoms with Crippen LogP contribution < -0.4 is 21.4 Å². The minimum Gasteiger partial charge on any atom is -0.465 e. The second-order valence-electron chi connectivity index (χ2n) is 11.6. The van der Waals surface area contributed by atoms with E-state index in [0.29, 0.717) is 32.6 Å². The Labute approximate surface area is 288 Å². The maximum Gasteiger partial charge on any atom is 0.404 e. The molecule has 0 radical (unpaired) electrons. The van der Waals surface area contributed by atoms with Crippen LogP contribution in [0.2, 0.25) is 0 Å². The molecule has 5 N–H and O–H groups in total.